The van der Waals surface area contributed by atoms with Gasteiger partial charge in [0, 0.05) is 30.8 Å². The smallest absolute Gasteiger partial charge is 0.161 e. The van der Waals surface area contributed by atoms with Crippen molar-refractivity contribution in [2.75, 3.05) is 33.9 Å². The number of piperidine rings is 1. The maximum Gasteiger partial charge on any atom is 0.161 e. The van der Waals surface area contributed by atoms with Crippen LogP contribution < -0.4 is 9.47 Å². The maximum atomic E-state index is 6.15. The van der Waals surface area contributed by atoms with Crippen molar-refractivity contribution >= 4 is 0 Å². The fourth-order valence-electron chi connectivity index (χ4n) is 3.47. The van der Waals surface area contributed by atoms with E-state index >= 15 is 0 Å². The summed E-state index contributed by atoms with van der Waals surface area (Å²) in [5.41, 5.74) is 2.20. The van der Waals surface area contributed by atoms with E-state index in [9.17, 15) is 0 Å². The Morgan fingerprint density at radius 3 is 2.88 bits per heavy atom. The molecule has 5 heteroatoms. The third kappa shape index (κ3) is 4.94. The van der Waals surface area contributed by atoms with Gasteiger partial charge < -0.3 is 14.4 Å². The van der Waals surface area contributed by atoms with Gasteiger partial charge in [-0.15, -0.1) is 0 Å². The summed E-state index contributed by atoms with van der Waals surface area (Å²) < 4.78 is 11.6. The van der Waals surface area contributed by atoms with Crippen LogP contribution in [0.1, 0.15) is 36.8 Å². The Hall–Kier alpha value is -2.14. The van der Waals surface area contributed by atoms with E-state index < -0.39 is 0 Å². The summed E-state index contributed by atoms with van der Waals surface area (Å²) in [5.74, 6) is 3.01. The van der Waals surface area contributed by atoms with Gasteiger partial charge in [-0.05, 0) is 56.6 Å². The van der Waals surface area contributed by atoms with E-state index in [4.69, 9.17) is 9.47 Å². The van der Waals surface area contributed by atoms with E-state index in [1.54, 1.807) is 7.11 Å². The van der Waals surface area contributed by atoms with Crippen LogP contribution in [0.5, 0.6) is 11.5 Å². The fourth-order valence-corrected chi connectivity index (χ4v) is 3.47. The number of aromatic nitrogens is 2. The molecule has 0 N–H and O–H groups in total. The second-order valence-corrected chi connectivity index (χ2v) is 7.06. The molecule has 5 nitrogen and oxygen atoms in total. The topological polar surface area (TPSA) is 47.5 Å². The molecule has 0 aliphatic carbocycles. The minimum absolute atomic E-state index is 0.576. The van der Waals surface area contributed by atoms with E-state index in [-0.39, 0.29) is 0 Å². The lowest BCUT2D eigenvalue weighted by Gasteiger charge is -2.29. The van der Waals surface area contributed by atoms with Crippen LogP contribution in [0.25, 0.3) is 0 Å². The molecule has 140 valence electrons. The molecule has 1 atom stereocenters. The molecule has 0 spiro atoms. The monoisotopic (exact) mass is 355 g/mol. The minimum atomic E-state index is 0.576. The van der Waals surface area contributed by atoms with Crippen LogP contribution in [0.4, 0.5) is 0 Å². The molecule has 0 bridgehead atoms. The highest BCUT2D eigenvalue weighted by Gasteiger charge is 2.18. The third-order valence-corrected chi connectivity index (χ3v) is 4.91. The Balaban J connectivity index is 1.69. The highest BCUT2D eigenvalue weighted by atomic mass is 16.5. The lowest BCUT2D eigenvalue weighted by atomic mass is 9.99. The molecule has 0 amide bonds. The summed E-state index contributed by atoms with van der Waals surface area (Å²) in [4.78, 5) is 11.4. The number of nitrogens with zero attached hydrogens (tertiary/aromatic N) is 3. The molecule has 2 aromatic rings. The van der Waals surface area contributed by atoms with Gasteiger partial charge in [0.15, 0.2) is 11.5 Å². The Morgan fingerprint density at radius 1 is 1.23 bits per heavy atom. The van der Waals surface area contributed by atoms with Crippen molar-refractivity contribution in [3.05, 3.63) is 47.5 Å². The first-order valence-electron chi connectivity index (χ1n) is 9.47. The Morgan fingerprint density at radius 2 is 2.12 bits per heavy atom. The average molecular weight is 355 g/mol. The molecule has 26 heavy (non-hydrogen) atoms. The van der Waals surface area contributed by atoms with Gasteiger partial charge in [-0.1, -0.05) is 13.0 Å². The summed E-state index contributed by atoms with van der Waals surface area (Å²) >= 11 is 0. The van der Waals surface area contributed by atoms with Crippen molar-refractivity contribution in [3.63, 3.8) is 0 Å². The maximum absolute atomic E-state index is 6.15. The van der Waals surface area contributed by atoms with E-state index in [2.05, 4.69) is 41.0 Å². The lowest BCUT2D eigenvalue weighted by Crippen LogP contribution is -2.34. The minimum Gasteiger partial charge on any atom is -0.493 e. The molecule has 0 radical (unpaired) electrons. The highest BCUT2D eigenvalue weighted by molar-refractivity contribution is 5.43. The number of hydrogen-bond acceptors (Lipinski definition) is 5. The van der Waals surface area contributed by atoms with Crippen molar-refractivity contribution < 1.29 is 9.47 Å². The predicted molar refractivity (Wildman–Crippen MR) is 103 cm³/mol. The number of methoxy groups -OCH3 is 1. The van der Waals surface area contributed by atoms with Gasteiger partial charge in [-0.25, -0.2) is 9.97 Å². The van der Waals surface area contributed by atoms with Crippen LogP contribution in [0, 0.1) is 5.92 Å². The van der Waals surface area contributed by atoms with Crippen molar-refractivity contribution in [2.24, 2.45) is 5.92 Å². The fraction of sp³-hybridized carbons (Fsp3) is 0.524. The van der Waals surface area contributed by atoms with Crippen molar-refractivity contribution in [2.45, 2.75) is 32.6 Å². The van der Waals surface area contributed by atoms with E-state index in [0.29, 0.717) is 12.3 Å². The number of hydrogen-bond donors (Lipinski definition) is 0. The summed E-state index contributed by atoms with van der Waals surface area (Å²) in [6.07, 6.45) is 5.92. The van der Waals surface area contributed by atoms with Gasteiger partial charge in [0.1, 0.15) is 5.82 Å². The van der Waals surface area contributed by atoms with Crippen molar-refractivity contribution in [3.8, 4) is 11.5 Å². The van der Waals surface area contributed by atoms with Gasteiger partial charge in [-0.3, -0.25) is 0 Å². The molecule has 1 saturated heterocycles. The predicted octanol–water partition coefficient (Wildman–Crippen LogP) is 3.36. The van der Waals surface area contributed by atoms with Crippen molar-refractivity contribution in [1.82, 2.24) is 14.9 Å². The average Bonchev–Trinajstić information content (AvgIpc) is 2.67. The van der Waals surface area contributed by atoms with Crippen molar-refractivity contribution in [1.29, 1.82) is 0 Å². The summed E-state index contributed by atoms with van der Waals surface area (Å²) in [7, 11) is 3.86. The Labute approximate surface area is 156 Å². The zero-order valence-corrected chi connectivity index (χ0v) is 16.1. The van der Waals surface area contributed by atoms with E-state index in [1.807, 2.05) is 18.3 Å². The molecule has 1 aliphatic heterocycles. The van der Waals surface area contributed by atoms with Crippen LogP contribution >= 0.6 is 0 Å². The van der Waals surface area contributed by atoms with E-state index in [1.165, 1.54) is 19.4 Å². The second kappa shape index (κ2) is 8.99. The second-order valence-electron chi connectivity index (χ2n) is 7.06. The number of benzene rings is 1. The molecule has 1 fully saturated rings. The molecular weight excluding hydrogens is 326 g/mol. The normalized spacial score (nSPS) is 17.9. The van der Waals surface area contributed by atoms with Gasteiger partial charge in [-0.2, -0.15) is 0 Å². The zero-order chi connectivity index (χ0) is 18.4. The van der Waals surface area contributed by atoms with E-state index in [0.717, 1.165) is 48.2 Å². The van der Waals surface area contributed by atoms with Crippen LogP contribution in [-0.4, -0.2) is 48.7 Å². The van der Waals surface area contributed by atoms with Gasteiger partial charge in [0.25, 0.3) is 0 Å². The Kier molecular flexibility index (Phi) is 6.45. The lowest BCUT2D eigenvalue weighted by molar-refractivity contribution is 0.148. The molecular formula is C21H29N3O2. The Bertz CT molecular complexity index is 720. The highest BCUT2D eigenvalue weighted by Crippen LogP contribution is 2.30. The summed E-state index contributed by atoms with van der Waals surface area (Å²) in [6.45, 7) is 5.12. The van der Waals surface area contributed by atoms with Crippen LogP contribution in [-0.2, 0) is 12.8 Å². The van der Waals surface area contributed by atoms with Gasteiger partial charge >= 0.3 is 0 Å². The molecule has 1 unspecified atom stereocenters. The van der Waals surface area contributed by atoms with Crippen LogP contribution in [0.3, 0.4) is 0 Å². The first kappa shape index (κ1) is 18.6. The third-order valence-electron chi connectivity index (χ3n) is 4.91. The quantitative estimate of drug-likeness (QED) is 0.762. The molecule has 2 heterocycles. The van der Waals surface area contributed by atoms with Crippen LogP contribution in [0.15, 0.2) is 30.5 Å². The summed E-state index contributed by atoms with van der Waals surface area (Å²) in [5, 5.41) is 0. The first-order valence-corrected chi connectivity index (χ1v) is 9.47. The molecule has 1 aliphatic rings. The van der Waals surface area contributed by atoms with Gasteiger partial charge in [0.05, 0.1) is 13.7 Å². The molecule has 1 aromatic heterocycles. The first-order chi connectivity index (χ1) is 12.7. The number of rotatable bonds is 7. The molecule has 1 aromatic carbocycles. The number of likely N-dealkylation sites (tertiary alicyclic amines) is 1. The SMILES string of the molecule is CCc1ccnc(Cc2ccc(OC)c(OCC3CCCN(C)C3)c2)n1. The number of aryl methyl sites for hydroxylation is 1. The zero-order valence-electron chi connectivity index (χ0n) is 16.1. The molecule has 3 rings (SSSR count). The summed E-state index contributed by atoms with van der Waals surface area (Å²) in [6, 6.07) is 8.06. The number of ether oxygens (including phenoxy) is 2. The standard InChI is InChI=1S/C21H29N3O2/c1-4-18-9-10-22-21(23-18)13-16-7-8-19(25-3)20(12-16)26-15-17-6-5-11-24(2)14-17/h7-10,12,17H,4-6,11,13-15H2,1-3H3. The van der Waals surface area contributed by atoms with Crippen LogP contribution in [0.2, 0.25) is 0 Å². The molecule has 0 saturated carbocycles. The largest absolute Gasteiger partial charge is 0.493 e. The van der Waals surface area contributed by atoms with Gasteiger partial charge in [0.2, 0.25) is 0 Å².